The largest absolute Gasteiger partial charge is 0.369 e. The Morgan fingerprint density at radius 1 is 1.40 bits per heavy atom. The van der Waals surface area contributed by atoms with Gasteiger partial charge in [-0.05, 0) is 43.4 Å². The summed E-state index contributed by atoms with van der Waals surface area (Å²) in [7, 11) is 0. The fourth-order valence-electron chi connectivity index (χ4n) is 3.22. The quantitative estimate of drug-likeness (QED) is 0.797. The summed E-state index contributed by atoms with van der Waals surface area (Å²) in [4.78, 5) is 30.5. The van der Waals surface area contributed by atoms with Crippen LogP contribution >= 0.6 is 0 Å². The van der Waals surface area contributed by atoms with Gasteiger partial charge in [0.15, 0.2) is 5.96 Å². The molecule has 1 heterocycles. The SMILES string of the molecule is CCCC(=O)Nc1cccc(CN2C(=O)C(C)(CC(C)C)N=C2N)c1. The molecule has 3 N–H and O–H groups in total. The highest BCUT2D eigenvalue weighted by Gasteiger charge is 2.43. The molecule has 0 spiro atoms. The summed E-state index contributed by atoms with van der Waals surface area (Å²) in [6.07, 6.45) is 1.95. The average molecular weight is 344 g/mol. The number of rotatable bonds is 7. The number of nitrogens with one attached hydrogen (secondary N) is 1. The Labute approximate surface area is 149 Å². The van der Waals surface area contributed by atoms with Gasteiger partial charge in [0, 0.05) is 12.1 Å². The molecule has 1 aliphatic heterocycles. The Kier molecular flexibility index (Phi) is 5.82. The molecule has 1 atom stereocenters. The first-order valence-corrected chi connectivity index (χ1v) is 8.81. The number of hydrogen-bond donors (Lipinski definition) is 2. The topological polar surface area (TPSA) is 87.8 Å². The summed E-state index contributed by atoms with van der Waals surface area (Å²) in [6, 6.07) is 7.47. The van der Waals surface area contributed by atoms with Gasteiger partial charge in [-0.15, -0.1) is 0 Å². The molecule has 1 aromatic carbocycles. The number of benzene rings is 1. The zero-order valence-corrected chi connectivity index (χ0v) is 15.5. The number of aliphatic imine (C=N–C) groups is 1. The third-order valence-corrected chi connectivity index (χ3v) is 4.18. The number of nitrogens with two attached hydrogens (primary N) is 1. The standard InChI is InChI=1S/C19H28N4O2/c1-5-7-16(24)21-15-9-6-8-14(10-15)12-23-17(25)19(4,11-13(2)3)22-18(23)20/h6,8-10,13H,5,7,11-12H2,1-4H3,(H2,20,22)(H,21,24). The number of hydrogen-bond acceptors (Lipinski definition) is 4. The molecule has 0 saturated heterocycles. The van der Waals surface area contributed by atoms with Gasteiger partial charge in [0.05, 0.1) is 6.54 Å². The molecule has 0 aliphatic carbocycles. The number of amides is 2. The van der Waals surface area contributed by atoms with E-state index < -0.39 is 5.54 Å². The number of carbonyl (C=O) groups excluding carboxylic acids is 2. The maximum absolute atomic E-state index is 12.8. The molecule has 0 radical (unpaired) electrons. The fourth-order valence-corrected chi connectivity index (χ4v) is 3.22. The van der Waals surface area contributed by atoms with Crippen molar-refractivity contribution < 1.29 is 9.59 Å². The van der Waals surface area contributed by atoms with E-state index in [9.17, 15) is 9.59 Å². The molecule has 6 heteroatoms. The average Bonchev–Trinajstić information content (AvgIpc) is 2.70. The molecular weight excluding hydrogens is 316 g/mol. The summed E-state index contributed by atoms with van der Waals surface area (Å²) in [6.45, 7) is 8.28. The third kappa shape index (κ3) is 4.59. The van der Waals surface area contributed by atoms with Gasteiger partial charge in [0.1, 0.15) is 5.54 Å². The Balaban J connectivity index is 2.11. The maximum Gasteiger partial charge on any atom is 0.257 e. The lowest BCUT2D eigenvalue weighted by molar-refractivity contribution is -0.131. The minimum atomic E-state index is -0.787. The molecule has 2 rings (SSSR count). The van der Waals surface area contributed by atoms with Crippen LogP contribution in [0.3, 0.4) is 0 Å². The smallest absolute Gasteiger partial charge is 0.257 e. The molecule has 2 amide bonds. The lowest BCUT2D eigenvalue weighted by atomic mass is 9.91. The second kappa shape index (κ2) is 7.68. The van der Waals surface area contributed by atoms with Crippen molar-refractivity contribution in [2.24, 2.45) is 16.6 Å². The first-order chi connectivity index (χ1) is 11.7. The van der Waals surface area contributed by atoms with Crippen LogP contribution in [-0.4, -0.2) is 28.2 Å². The Morgan fingerprint density at radius 3 is 2.76 bits per heavy atom. The molecule has 136 valence electrons. The summed E-state index contributed by atoms with van der Waals surface area (Å²) in [5.41, 5.74) is 6.85. The number of nitrogens with zero attached hydrogens (tertiary/aromatic N) is 2. The van der Waals surface area contributed by atoms with E-state index in [0.717, 1.165) is 17.7 Å². The minimum absolute atomic E-state index is 0.0116. The van der Waals surface area contributed by atoms with Gasteiger partial charge in [-0.1, -0.05) is 32.9 Å². The second-order valence-corrected chi connectivity index (χ2v) is 7.23. The van der Waals surface area contributed by atoms with Crippen LogP contribution in [0.1, 0.15) is 52.5 Å². The lowest BCUT2D eigenvalue weighted by Crippen LogP contribution is -2.43. The van der Waals surface area contributed by atoms with Crippen LogP contribution < -0.4 is 11.1 Å². The predicted molar refractivity (Wildman–Crippen MR) is 100 cm³/mol. The molecule has 6 nitrogen and oxygen atoms in total. The zero-order chi connectivity index (χ0) is 18.6. The van der Waals surface area contributed by atoms with Crippen molar-refractivity contribution >= 4 is 23.5 Å². The van der Waals surface area contributed by atoms with Crippen molar-refractivity contribution in [1.82, 2.24) is 4.90 Å². The van der Waals surface area contributed by atoms with Gasteiger partial charge in [-0.3, -0.25) is 14.5 Å². The van der Waals surface area contributed by atoms with Crippen LogP contribution in [0.25, 0.3) is 0 Å². The van der Waals surface area contributed by atoms with Gasteiger partial charge < -0.3 is 11.1 Å². The monoisotopic (exact) mass is 344 g/mol. The van der Waals surface area contributed by atoms with E-state index in [4.69, 9.17) is 5.73 Å². The Bertz CT molecular complexity index is 684. The first-order valence-electron chi connectivity index (χ1n) is 8.81. The molecule has 0 bridgehead atoms. The van der Waals surface area contributed by atoms with E-state index in [2.05, 4.69) is 24.2 Å². The molecule has 0 fully saturated rings. The number of anilines is 1. The molecule has 1 unspecified atom stereocenters. The van der Waals surface area contributed by atoms with Gasteiger partial charge in [-0.25, -0.2) is 4.99 Å². The summed E-state index contributed by atoms with van der Waals surface area (Å²) < 4.78 is 0. The molecule has 0 saturated carbocycles. The Morgan fingerprint density at radius 2 is 2.12 bits per heavy atom. The maximum atomic E-state index is 12.8. The van der Waals surface area contributed by atoms with Crippen molar-refractivity contribution in [2.45, 2.75) is 59.0 Å². The number of guanidine groups is 1. The second-order valence-electron chi connectivity index (χ2n) is 7.23. The Hall–Kier alpha value is -2.37. The van der Waals surface area contributed by atoms with E-state index in [-0.39, 0.29) is 17.8 Å². The van der Waals surface area contributed by atoms with Crippen LogP contribution in [0, 0.1) is 5.92 Å². The van der Waals surface area contributed by atoms with Crippen molar-refractivity contribution in [3.8, 4) is 0 Å². The summed E-state index contributed by atoms with van der Waals surface area (Å²) in [5.74, 6) is 0.526. The van der Waals surface area contributed by atoms with E-state index in [1.165, 1.54) is 4.90 Å². The van der Waals surface area contributed by atoms with Gasteiger partial charge >= 0.3 is 0 Å². The predicted octanol–water partition coefficient (Wildman–Crippen LogP) is 2.89. The summed E-state index contributed by atoms with van der Waals surface area (Å²) in [5, 5.41) is 2.87. The van der Waals surface area contributed by atoms with Crippen molar-refractivity contribution in [3.63, 3.8) is 0 Å². The number of carbonyl (C=O) groups is 2. The highest BCUT2D eigenvalue weighted by atomic mass is 16.2. The van der Waals surface area contributed by atoms with E-state index in [0.29, 0.717) is 25.3 Å². The van der Waals surface area contributed by atoms with Crippen LogP contribution in [0.5, 0.6) is 0 Å². The highest BCUT2D eigenvalue weighted by Crippen LogP contribution is 2.29. The van der Waals surface area contributed by atoms with Crippen molar-refractivity contribution in [2.75, 3.05) is 5.32 Å². The van der Waals surface area contributed by atoms with Crippen LogP contribution in [0.15, 0.2) is 29.3 Å². The van der Waals surface area contributed by atoms with E-state index >= 15 is 0 Å². The van der Waals surface area contributed by atoms with Crippen LogP contribution in [-0.2, 0) is 16.1 Å². The van der Waals surface area contributed by atoms with Crippen molar-refractivity contribution in [3.05, 3.63) is 29.8 Å². The molecule has 1 aromatic rings. The van der Waals surface area contributed by atoms with E-state index in [1.54, 1.807) is 0 Å². The zero-order valence-electron chi connectivity index (χ0n) is 15.5. The molecule has 1 aliphatic rings. The normalized spacial score (nSPS) is 20.1. The fraction of sp³-hybridized carbons (Fsp3) is 0.526. The van der Waals surface area contributed by atoms with Gasteiger partial charge in [0.25, 0.3) is 5.91 Å². The van der Waals surface area contributed by atoms with Crippen LogP contribution in [0.2, 0.25) is 0 Å². The van der Waals surface area contributed by atoms with Crippen LogP contribution in [0.4, 0.5) is 5.69 Å². The van der Waals surface area contributed by atoms with Gasteiger partial charge in [-0.2, -0.15) is 0 Å². The lowest BCUT2D eigenvalue weighted by Gasteiger charge is -2.23. The first kappa shape index (κ1) is 19.0. The molecular formula is C19H28N4O2. The van der Waals surface area contributed by atoms with E-state index in [1.807, 2.05) is 38.1 Å². The highest BCUT2D eigenvalue weighted by molar-refractivity contribution is 6.06. The molecule has 0 aromatic heterocycles. The summed E-state index contributed by atoms with van der Waals surface area (Å²) >= 11 is 0. The molecule has 25 heavy (non-hydrogen) atoms. The minimum Gasteiger partial charge on any atom is -0.369 e. The van der Waals surface area contributed by atoms with Crippen molar-refractivity contribution in [1.29, 1.82) is 0 Å². The third-order valence-electron chi connectivity index (χ3n) is 4.18. The van der Waals surface area contributed by atoms with Gasteiger partial charge in [0.2, 0.25) is 5.91 Å².